The first-order valence-corrected chi connectivity index (χ1v) is 7.67. The largest absolute Gasteiger partial charge is 0.497 e. The lowest BCUT2D eigenvalue weighted by atomic mass is 10.2. The average molecular weight is 327 g/mol. The monoisotopic (exact) mass is 327 g/mol. The number of hydrogen-bond acceptors (Lipinski definition) is 3. The molecule has 0 fully saturated rings. The van der Waals surface area contributed by atoms with Crippen molar-refractivity contribution in [2.24, 2.45) is 0 Å². The van der Waals surface area contributed by atoms with Crippen LogP contribution in [0, 0.1) is 0 Å². The molecule has 0 bridgehead atoms. The molecule has 2 aromatic carbocycles. The highest BCUT2D eigenvalue weighted by Crippen LogP contribution is 2.12. The smallest absolute Gasteiger partial charge is 0.319 e. The normalized spacial score (nSPS) is 9.88. The fourth-order valence-electron chi connectivity index (χ4n) is 2.06. The molecule has 0 aliphatic rings. The number of rotatable bonds is 7. The second-order valence-corrected chi connectivity index (χ2v) is 5.13. The standard InChI is InChI=1S/C18H21N3O3/c1-24-16-9-5-6-14(12-16)13-20-17(22)10-11-19-18(23)21-15-7-3-2-4-8-15/h2-9,12H,10-11,13H2,1H3,(H,20,22)(H2,19,21,23). The molecule has 2 rings (SSSR count). The predicted octanol–water partition coefficient (Wildman–Crippen LogP) is 2.52. The Kier molecular flexibility index (Phi) is 6.64. The van der Waals surface area contributed by atoms with Crippen LogP contribution in [-0.2, 0) is 11.3 Å². The maximum Gasteiger partial charge on any atom is 0.319 e. The van der Waals surface area contributed by atoms with Gasteiger partial charge in [-0.1, -0.05) is 30.3 Å². The summed E-state index contributed by atoms with van der Waals surface area (Å²) in [6, 6.07) is 16.3. The topological polar surface area (TPSA) is 79.5 Å². The van der Waals surface area contributed by atoms with E-state index in [1.165, 1.54) is 0 Å². The molecule has 0 atom stereocenters. The second kappa shape index (κ2) is 9.19. The van der Waals surface area contributed by atoms with Gasteiger partial charge in [-0.15, -0.1) is 0 Å². The van der Waals surface area contributed by atoms with E-state index in [-0.39, 0.29) is 24.9 Å². The minimum atomic E-state index is -0.332. The van der Waals surface area contributed by atoms with Gasteiger partial charge in [-0.3, -0.25) is 4.79 Å². The summed E-state index contributed by atoms with van der Waals surface area (Å²) in [5.41, 5.74) is 1.66. The molecular weight excluding hydrogens is 306 g/mol. The molecule has 0 aliphatic carbocycles. The van der Waals surface area contributed by atoms with Gasteiger partial charge in [0.2, 0.25) is 5.91 Å². The molecule has 3 N–H and O–H groups in total. The summed E-state index contributed by atoms with van der Waals surface area (Å²) in [7, 11) is 1.60. The predicted molar refractivity (Wildman–Crippen MR) is 92.9 cm³/mol. The molecule has 0 unspecified atom stereocenters. The Balaban J connectivity index is 1.65. The van der Waals surface area contributed by atoms with Gasteiger partial charge in [-0.05, 0) is 29.8 Å². The second-order valence-electron chi connectivity index (χ2n) is 5.13. The SMILES string of the molecule is COc1cccc(CNC(=O)CCNC(=O)Nc2ccccc2)c1. The molecule has 126 valence electrons. The molecule has 0 saturated carbocycles. The van der Waals surface area contributed by atoms with Crippen molar-refractivity contribution in [3.63, 3.8) is 0 Å². The van der Waals surface area contributed by atoms with Gasteiger partial charge in [-0.25, -0.2) is 4.79 Å². The number of amides is 3. The number of nitrogens with one attached hydrogen (secondary N) is 3. The van der Waals surface area contributed by atoms with E-state index in [0.717, 1.165) is 11.3 Å². The number of benzene rings is 2. The van der Waals surface area contributed by atoms with E-state index in [1.54, 1.807) is 19.2 Å². The van der Waals surface area contributed by atoms with E-state index in [2.05, 4.69) is 16.0 Å². The van der Waals surface area contributed by atoms with Gasteiger partial charge in [0, 0.05) is 25.2 Å². The summed E-state index contributed by atoms with van der Waals surface area (Å²) < 4.78 is 5.13. The highest BCUT2D eigenvalue weighted by molar-refractivity contribution is 5.89. The van der Waals surface area contributed by atoms with Crippen LogP contribution in [0.25, 0.3) is 0 Å². The lowest BCUT2D eigenvalue weighted by Gasteiger charge is -2.09. The molecule has 0 aromatic heterocycles. The van der Waals surface area contributed by atoms with E-state index in [4.69, 9.17) is 4.74 Å². The van der Waals surface area contributed by atoms with Crippen LogP contribution in [-0.4, -0.2) is 25.6 Å². The highest BCUT2D eigenvalue weighted by Gasteiger charge is 2.05. The fraction of sp³-hybridized carbons (Fsp3) is 0.222. The van der Waals surface area contributed by atoms with Crippen molar-refractivity contribution in [3.8, 4) is 5.75 Å². The Morgan fingerprint density at radius 1 is 1.00 bits per heavy atom. The highest BCUT2D eigenvalue weighted by atomic mass is 16.5. The Hall–Kier alpha value is -3.02. The number of ether oxygens (including phenoxy) is 1. The van der Waals surface area contributed by atoms with Crippen molar-refractivity contribution in [2.75, 3.05) is 19.0 Å². The van der Waals surface area contributed by atoms with Crippen molar-refractivity contribution in [3.05, 3.63) is 60.2 Å². The average Bonchev–Trinajstić information content (AvgIpc) is 2.61. The van der Waals surface area contributed by atoms with Crippen molar-refractivity contribution >= 4 is 17.6 Å². The number of carbonyl (C=O) groups excluding carboxylic acids is 2. The van der Waals surface area contributed by atoms with Gasteiger partial charge in [0.15, 0.2) is 0 Å². The third-order valence-electron chi connectivity index (χ3n) is 3.29. The minimum absolute atomic E-state index is 0.127. The summed E-state index contributed by atoms with van der Waals surface area (Å²) in [6.07, 6.45) is 0.214. The molecule has 0 aliphatic heterocycles. The lowest BCUT2D eigenvalue weighted by molar-refractivity contribution is -0.121. The van der Waals surface area contributed by atoms with Crippen LogP contribution in [0.2, 0.25) is 0 Å². The van der Waals surface area contributed by atoms with Crippen LogP contribution < -0.4 is 20.7 Å². The quantitative estimate of drug-likeness (QED) is 0.731. The van der Waals surface area contributed by atoms with Gasteiger partial charge in [0.25, 0.3) is 0 Å². The molecule has 24 heavy (non-hydrogen) atoms. The fourth-order valence-corrected chi connectivity index (χ4v) is 2.06. The maximum atomic E-state index is 11.8. The van der Waals surface area contributed by atoms with Gasteiger partial charge < -0.3 is 20.7 Å². The zero-order chi connectivity index (χ0) is 17.2. The van der Waals surface area contributed by atoms with Crippen LogP contribution >= 0.6 is 0 Å². The maximum absolute atomic E-state index is 11.8. The van der Waals surface area contributed by atoms with Crippen LogP contribution in [0.1, 0.15) is 12.0 Å². The van der Waals surface area contributed by atoms with Gasteiger partial charge in [-0.2, -0.15) is 0 Å². The van der Waals surface area contributed by atoms with Crippen molar-refractivity contribution < 1.29 is 14.3 Å². The van der Waals surface area contributed by atoms with Crippen LogP contribution in [0.4, 0.5) is 10.5 Å². The summed E-state index contributed by atoms with van der Waals surface area (Å²) in [4.78, 5) is 23.5. The number of para-hydroxylation sites is 1. The molecule has 6 nitrogen and oxygen atoms in total. The molecule has 0 saturated heterocycles. The first-order valence-electron chi connectivity index (χ1n) is 7.67. The van der Waals surface area contributed by atoms with Crippen LogP contribution in [0.3, 0.4) is 0 Å². The number of hydrogen-bond donors (Lipinski definition) is 3. The molecule has 2 aromatic rings. The van der Waals surface area contributed by atoms with E-state index < -0.39 is 0 Å². The zero-order valence-corrected chi connectivity index (χ0v) is 13.5. The number of carbonyl (C=O) groups is 2. The molecule has 6 heteroatoms. The first kappa shape index (κ1) is 17.3. The van der Waals surface area contributed by atoms with Crippen molar-refractivity contribution in [1.29, 1.82) is 0 Å². The Bertz CT molecular complexity index is 674. The van der Waals surface area contributed by atoms with Crippen molar-refractivity contribution in [1.82, 2.24) is 10.6 Å². The summed E-state index contributed by atoms with van der Waals surface area (Å²) in [6.45, 7) is 0.689. The third kappa shape index (κ3) is 6.00. The van der Waals surface area contributed by atoms with Gasteiger partial charge >= 0.3 is 6.03 Å². The third-order valence-corrected chi connectivity index (χ3v) is 3.29. The molecule has 0 radical (unpaired) electrons. The van der Waals surface area contributed by atoms with Crippen molar-refractivity contribution in [2.45, 2.75) is 13.0 Å². The van der Waals surface area contributed by atoms with E-state index in [0.29, 0.717) is 12.2 Å². The first-order chi connectivity index (χ1) is 11.7. The molecule has 0 heterocycles. The van der Waals surface area contributed by atoms with E-state index >= 15 is 0 Å². The molecule has 0 spiro atoms. The van der Waals surface area contributed by atoms with Gasteiger partial charge in [0.05, 0.1) is 7.11 Å². The Morgan fingerprint density at radius 2 is 1.79 bits per heavy atom. The summed E-state index contributed by atoms with van der Waals surface area (Å²) in [5, 5.41) is 8.15. The zero-order valence-electron chi connectivity index (χ0n) is 13.5. The van der Waals surface area contributed by atoms with Crippen LogP contribution in [0.5, 0.6) is 5.75 Å². The number of urea groups is 1. The molecule has 3 amide bonds. The number of anilines is 1. The molecular formula is C18H21N3O3. The lowest BCUT2D eigenvalue weighted by Crippen LogP contribution is -2.33. The minimum Gasteiger partial charge on any atom is -0.497 e. The van der Waals surface area contributed by atoms with E-state index in [1.807, 2.05) is 42.5 Å². The Morgan fingerprint density at radius 3 is 2.54 bits per heavy atom. The Labute approximate surface area is 141 Å². The number of methoxy groups -OCH3 is 1. The summed E-state index contributed by atoms with van der Waals surface area (Å²) in [5.74, 6) is 0.624. The van der Waals surface area contributed by atoms with Crippen LogP contribution in [0.15, 0.2) is 54.6 Å². The van der Waals surface area contributed by atoms with Gasteiger partial charge in [0.1, 0.15) is 5.75 Å². The van der Waals surface area contributed by atoms with E-state index in [9.17, 15) is 9.59 Å². The summed E-state index contributed by atoms with van der Waals surface area (Å²) >= 11 is 0.